The van der Waals surface area contributed by atoms with E-state index in [0.717, 1.165) is 16.9 Å². The van der Waals surface area contributed by atoms with Crippen molar-refractivity contribution in [3.8, 4) is 0 Å². The molecule has 4 nitrogen and oxygen atoms in total. The van der Waals surface area contributed by atoms with Gasteiger partial charge in [-0.25, -0.2) is 4.79 Å². The molecule has 0 fully saturated rings. The first-order chi connectivity index (χ1) is 9.60. The number of esters is 1. The van der Waals surface area contributed by atoms with Gasteiger partial charge in [-0.05, 0) is 29.8 Å². The SMILES string of the molecule is COC(=O)c1ccc(C(=O)NCc2cccc(Cl)c2)s1. The minimum absolute atomic E-state index is 0.231. The predicted octanol–water partition coefficient (Wildman–Crippen LogP) is 3.12. The Labute approximate surface area is 125 Å². The summed E-state index contributed by atoms with van der Waals surface area (Å²) in [5.41, 5.74) is 0.913. The Hall–Kier alpha value is -1.85. The summed E-state index contributed by atoms with van der Waals surface area (Å²) in [6.45, 7) is 0.380. The first-order valence-electron chi connectivity index (χ1n) is 5.81. The Bertz CT molecular complexity index is 639. The Morgan fingerprint density at radius 1 is 1.25 bits per heavy atom. The van der Waals surface area contributed by atoms with E-state index in [0.29, 0.717) is 21.3 Å². The highest BCUT2D eigenvalue weighted by molar-refractivity contribution is 7.15. The molecule has 0 saturated heterocycles. The van der Waals surface area contributed by atoms with Gasteiger partial charge in [-0.1, -0.05) is 23.7 Å². The molecule has 0 aliphatic heterocycles. The number of carbonyl (C=O) groups is 2. The smallest absolute Gasteiger partial charge is 0.348 e. The number of nitrogens with one attached hydrogen (secondary N) is 1. The highest BCUT2D eigenvalue weighted by Gasteiger charge is 2.13. The highest BCUT2D eigenvalue weighted by Crippen LogP contribution is 2.17. The highest BCUT2D eigenvalue weighted by atomic mass is 35.5. The van der Waals surface area contributed by atoms with Crippen molar-refractivity contribution in [1.29, 1.82) is 0 Å². The quantitative estimate of drug-likeness (QED) is 0.883. The molecule has 0 saturated carbocycles. The first kappa shape index (κ1) is 14.6. The largest absolute Gasteiger partial charge is 0.465 e. The maximum absolute atomic E-state index is 11.9. The molecule has 6 heteroatoms. The Morgan fingerprint density at radius 3 is 2.70 bits per heavy atom. The van der Waals surface area contributed by atoms with Crippen LogP contribution in [0.25, 0.3) is 0 Å². The number of ether oxygens (including phenoxy) is 1. The van der Waals surface area contributed by atoms with Crippen molar-refractivity contribution >= 4 is 34.8 Å². The average molecular weight is 310 g/mol. The molecule has 0 aliphatic carbocycles. The topological polar surface area (TPSA) is 55.4 Å². The second kappa shape index (κ2) is 6.54. The van der Waals surface area contributed by atoms with Crippen LogP contribution in [0.5, 0.6) is 0 Å². The van der Waals surface area contributed by atoms with Gasteiger partial charge in [0.1, 0.15) is 4.88 Å². The summed E-state index contributed by atoms with van der Waals surface area (Å²) in [6, 6.07) is 10.4. The zero-order valence-corrected chi connectivity index (χ0v) is 12.3. The van der Waals surface area contributed by atoms with Gasteiger partial charge in [0.05, 0.1) is 12.0 Å². The summed E-state index contributed by atoms with van der Waals surface area (Å²) in [7, 11) is 1.31. The lowest BCUT2D eigenvalue weighted by Crippen LogP contribution is -2.21. The molecule has 1 N–H and O–H groups in total. The molecule has 1 heterocycles. The molecule has 0 aliphatic rings. The van der Waals surface area contributed by atoms with E-state index >= 15 is 0 Å². The summed E-state index contributed by atoms with van der Waals surface area (Å²) in [5.74, 6) is -0.672. The molecule has 0 bridgehead atoms. The maximum atomic E-state index is 11.9. The van der Waals surface area contributed by atoms with Gasteiger partial charge >= 0.3 is 5.97 Å². The van der Waals surface area contributed by atoms with Crippen LogP contribution in [0.4, 0.5) is 0 Å². The van der Waals surface area contributed by atoms with E-state index in [1.54, 1.807) is 24.3 Å². The van der Waals surface area contributed by atoms with Crippen molar-refractivity contribution in [3.63, 3.8) is 0 Å². The summed E-state index contributed by atoms with van der Waals surface area (Å²) >= 11 is 6.97. The van der Waals surface area contributed by atoms with Gasteiger partial charge in [0, 0.05) is 11.6 Å². The number of carbonyl (C=O) groups excluding carboxylic acids is 2. The zero-order chi connectivity index (χ0) is 14.5. The van der Waals surface area contributed by atoms with Gasteiger partial charge in [0.15, 0.2) is 0 Å². The van der Waals surface area contributed by atoms with Gasteiger partial charge in [-0.2, -0.15) is 0 Å². The number of methoxy groups -OCH3 is 1. The normalized spacial score (nSPS) is 10.1. The third kappa shape index (κ3) is 3.59. The van der Waals surface area contributed by atoms with Crippen LogP contribution in [-0.2, 0) is 11.3 Å². The summed E-state index contributed by atoms with van der Waals surface area (Å²) in [4.78, 5) is 24.1. The molecule has 1 aromatic heterocycles. The fourth-order valence-corrected chi connectivity index (χ4v) is 2.64. The number of amides is 1. The summed E-state index contributed by atoms with van der Waals surface area (Å²) in [5, 5.41) is 3.40. The number of hydrogen-bond acceptors (Lipinski definition) is 4. The van der Waals surface area contributed by atoms with Crippen LogP contribution in [0.3, 0.4) is 0 Å². The van der Waals surface area contributed by atoms with Crippen molar-refractivity contribution in [2.45, 2.75) is 6.54 Å². The Kier molecular flexibility index (Phi) is 4.76. The van der Waals surface area contributed by atoms with E-state index in [1.807, 2.05) is 12.1 Å². The number of rotatable bonds is 4. The fourth-order valence-electron chi connectivity index (χ4n) is 1.59. The lowest BCUT2D eigenvalue weighted by Gasteiger charge is -2.04. The van der Waals surface area contributed by atoms with E-state index in [4.69, 9.17) is 11.6 Å². The van der Waals surface area contributed by atoms with Gasteiger partial charge in [0.2, 0.25) is 0 Å². The second-order valence-electron chi connectivity index (χ2n) is 3.97. The molecule has 0 atom stereocenters. The maximum Gasteiger partial charge on any atom is 0.348 e. The molecule has 104 valence electrons. The van der Waals surface area contributed by atoms with E-state index < -0.39 is 5.97 Å². The Balaban J connectivity index is 1.98. The molecule has 2 aromatic rings. The third-order valence-corrected chi connectivity index (χ3v) is 3.86. The van der Waals surface area contributed by atoms with Gasteiger partial charge in [-0.3, -0.25) is 4.79 Å². The van der Waals surface area contributed by atoms with E-state index in [-0.39, 0.29) is 5.91 Å². The molecule has 20 heavy (non-hydrogen) atoms. The molecular formula is C14H12ClNO3S. The van der Waals surface area contributed by atoms with Crippen molar-refractivity contribution in [1.82, 2.24) is 5.32 Å². The number of thiophene rings is 1. The van der Waals surface area contributed by atoms with Crippen LogP contribution in [0.1, 0.15) is 24.9 Å². The fraction of sp³-hybridized carbons (Fsp3) is 0.143. The minimum Gasteiger partial charge on any atom is -0.465 e. The first-order valence-corrected chi connectivity index (χ1v) is 7.00. The third-order valence-electron chi connectivity index (χ3n) is 2.56. The van der Waals surface area contributed by atoms with Crippen LogP contribution >= 0.6 is 22.9 Å². The molecule has 1 amide bonds. The van der Waals surface area contributed by atoms with Gasteiger partial charge < -0.3 is 10.1 Å². The number of benzene rings is 1. The van der Waals surface area contributed by atoms with Crippen molar-refractivity contribution in [2.75, 3.05) is 7.11 Å². The Morgan fingerprint density at radius 2 is 2.00 bits per heavy atom. The predicted molar refractivity (Wildman–Crippen MR) is 78.3 cm³/mol. The molecule has 0 radical (unpaired) electrons. The van der Waals surface area contributed by atoms with E-state index in [2.05, 4.69) is 10.1 Å². The monoisotopic (exact) mass is 309 g/mol. The van der Waals surface area contributed by atoms with Gasteiger partial charge in [0.25, 0.3) is 5.91 Å². The van der Waals surface area contributed by atoms with Crippen LogP contribution in [-0.4, -0.2) is 19.0 Å². The molecular weight excluding hydrogens is 298 g/mol. The average Bonchev–Trinajstić information content (AvgIpc) is 2.94. The number of halogens is 1. The molecule has 1 aromatic carbocycles. The minimum atomic E-state index is -0.441. The zero-order valence-electron chi connectivity index (χ0n) is 10.7. The van der Waals surface area contributed by atoms with Crippen LogP contribution in [0.15, 0.2) is 36.4 Å². The van der Waals surface area contributed by atoms with Crippen molar-refractivity contribution < 1.29 is 14.3 Å². The van der Waals surface area contributed by atoms with Crippen LogP contribution < -0.4 is 5.32 Å². The lowest BCUT2D eigenvalue weighted by atomic mass is 10.2. The molecule has 0 unspecified atom stereocenters. The summed E-state index contributed by atoms with van der Waals surface area (Å²) < 4.78 is 4.60. The molecule has 0 spiro atoms. The second-order valence-corrected chi connectivity index (χ2v) is 5.49. The van der Waals surface area contributed by atoms with Crippen LogP contribution in [0, 0.1) is 0 Å². The molecule has 2 rings (SSSR count). The van der Waals surface area contributed by atoms with Crippen molar-refractivity contribution in [3.05, 3.63) is 56.7 Å². The van der Waals surface area contributed by atoms with Crippen LogP contribution in [0.2, 0.25) is 5.02 Å². The van der Waals surface area contributed by atoms with Crippen molar-refractivity contribution in [2.24, 2.45) is 0 Å². The van der Waals surface area contributed by atoms with Gasteiger partial charge in [-0.15, -0.1) is 11.3 Å². The standard InChI is InChI=1S/C14H12ClNO3S/c1-19-14(18)12-6-5-11(20-12)13(17)16-8-9-3-2-4-10(15)7-9/h2-7H,8H2,1H3,(H,16,17). The summed E-state index contributed by atoms with van der Waals surface area (Å²) in [6.07, 6.45) is 0. The van der Waals surface area contributed by atoms with E-state index in [9.17, 15) is 9.59 Å². The van der Waals surface area contributed by atoms with E-state index in [1.165, 1.54) is 7.11 Å². The lowest BCUT2D eigenvalue weighted by molar-refractivity contribution is 0.0606. The number of hydrogen-bond donors (Lipinski definition) is 1.